The molecule has 5 heteroatoms. The molecule has 0 spiro atoms. The van der Waals surface area contributed by atoms with Crippen LogP contribution in [0.3, 0.4) is 0 Å². The predicted molar refractivity (Wildman–Crippen MR) is 78.3 cm³/mol. The molecular formula is C16H10F2O2S. The van der Waals surface area contributed by atoms with E-state index in [1.165, 1.54) is 35.6 Å². The van der Waals surface area contributed by atoms with Gasteiger partial charge in [-0.2, -0.15) is 8.78 Å². The van der Waals surface area contributed by atoms with Gasteiger partial charge in [-0.3, -0.25) is 4.79 Å². The van der Waals surface area contributed by atoms with Crippen molar-refractivity contribution in [3.05, 3.63) is 65.0 Å². The minimum atomic E-state index is -2.87. The lowest BCUT2D eigenvalue weighted by Crippen LogP contribution is -2.03. The Balaban J connectivity index is 1.91. The summed E-state index contributed by atoms with van der Waals surface area (Å²) in [4.78, 5) is 12.5. The fourth-order valence-electron chi connectivity index (χ4n) is 2.10. The summed E-state index contributed by atoms with van der Waals surface area (Å²) in [5.41, 5.74) is 1.07. The number of benzene rings is 2. The van der Waals surface area contributed by atoms with E-state index in [-0.39, 0.29) is 11.5 Å². The summed E-state index contributed by atoms with van der Waals surface area (Å²) in [6.07, 6.45) is 0. The van der Waals surface area contributed by atoms with Crippen molar-refractivity contribution in [3.63, 3.8) is 0 Å². The van der Waals surface area contributed by atoms with Crippen molar-refractivity contribution in [1.29, 1.82) is 0 Å². The van der Waals surface area contributed by atoms with Crippen LogP contribution in [-0.4, -0.2) is 12.4 Å². The Labute approximate surface area is 123 Å². The van der Waals surface area contributed by atoms with Gasteiger partial charge in [0.25, 0.3) is 0 Å². The lowest BCUT2D eigenvalue weighted by Gasteiger charge is -2.05. The lowest BCUT2D eigenvalue weighted by molar-refractivity contribution is -0.0498. The molecule has 0 unspecified atom stereocenters. The van der Waals surface area contributed by atoms with E-state index in [2.05, 4.69) is 4.74 Å². The Morgan fingerprint density at radius 2 is 1.76 bits per heavy atom. The van der Waals surface area contributed by atoms with Crippen LogP contribution in [0.4, 0.5) is 8.78 Å². The van der Waals surface area contributed by atoms with Gasteiger partial charge < -0.3 is 4.74 Å². The van der Waals surface area contributed by atoms with Crippen LogP contribution in [0, 0.1) is 0 Å². The molecule has 0 bridgehead atoms. The first-order valence-electron chi connectivity index (χ1n) is 6.21. The zero-order valence-corrected chi connectivity index (χ0v) is 11.6. The number of hydrogen-bond acceptors (Lipinski definition) is 3. The molecule has 21 heavy (non-hydrogen) atoms. The van der Waals surface area contributed by atoms with Gasteiger partial charge in [0, 0.05) is 26.6 Å². The van der Waals surface area contributed by atoms with Gasteiger partial charge in [0.15, 0.2) is 5.78 Å². The van der Waals surface area contributed by atoms with E-state index in [1.54, 1.807) is 0 Å². The number of halogens is 2. The molecule has 0 fully saturated rings. The van der Waals surface area contributed by atoms with E-state index in [1.807, 2.05) is 29.6 Å². The third-order valence-electron chi connectivity index (χ3n) is 3.07. The summed E-state index contributed by atoms with van der Waals surface area (Å²) in [6, 6.07) is 13.4. The van der Waals surface area contributed by atoms with E-state index < -0.39 is 6.61 Å². The molecule has 0 N–H and O–H groups in total. The molecular weight excluding hydrogens is 294 g/mol. The lowest BCUT2D eigenvalue weighted by atomic mass is 10.0. The maximum Gasteiger partial charge on any atom is 0.387 e. The molecule has 0 amide bonds. The van der Waals surface area contributed by atoms with Crippen LogP contribution in [0.2, 0.25) is 0 Å². The monoisotopic (exact) mass is 304 g/mol. The smallest absolute Gasteiger partial charge is 0.387 e. The Morgan fingerprint density at radius 1 is 1.05 bits per heavy atom. The maximum absolute atomic E-state index is 12.5. The van der Waals surface area contributed by atoms with Crippen molar-refractivity contribution in [1.82, 2.24) is 0 Å². The van der Waals surface area contributed by atoms with Crippen molar-refractivity contribution in [2.45, 2.75) is 6.61 Å². The third-order valence-corrected chi connectivity index (χ3v) is 4.03. The largest absolute Gasteiger partial charge is 0.435 e. The van der Waals surface area contributed by atoms with Crippen LogP contribution in [-0.2, 0) is 0 Å². The molecule has 0 radical (unpaired) electrons. The highest BCUT2D eigenvalue weighted by atomic mass is 32.1. The fourth-order valence-corrected chi connectivity index (χ4v) is 3.04. The first-order chi connectivity index (χ1) is 10.1. The fraction of sp³-hybridized carbons (Fsp3) is 0.0625. The zero-order valence-electron chi connectivity index (χ0n) is 10.8. The van der Waals surface area contributed by atoms with Gasteiger partial charge in [-0.05, 0) is 30.3 Å². The Bertz CT molecular complexity index is 778. The molecule has 1 aromatic heterocycles. The van der Waals surface area contributed by atoms with Gasteiger partial charge in [-0.25, -0.2) is 0 Å². The number of ether oxygens (including phenoxy) is 1. The molecule has 0 saturated heterocycles. The quantitative estimate of drug-likeness (QED) is 0.651. The third kappa shape index (κ3) is 2.78. The average molecular weight is 304 g/mol. The highest BCUT2D eigenvalue weighted by molar-refractivity contribution is 7.17. The molecule has 3 aromatic rings. The summed E-state index contributed by atoms with van der Waals surface area (Å²) in [7, 11) is 0. The van der Waals surface area contributed by atoms with Crippen molar-refractivity contribution >= 4 is 27.2 Å². The van der Waals surface area contributed by atoms with E-state index >= 15 is 0 Å². The van der Waals surface area contributed by atoms with Gasteiger partial charge in [0.1, 0.15) is 5.75 Å². The molecule has 106 valence electrons. The number of fused-ring (bicyclic) bond motifs is 1. The summed E-state index contributed by atoms with van der Waals surface area (Å²) in [5.74, 6) is -0.0900. The summed E-state index contributed by atoms with van der Waals surface area (Å²) in [6.45, 7) is -2.87. The molecule has 3 rings (SSSR count). The molecule has 0 atom stereocenters. The number of ketones is 1. The highest BCUT2D eigenvalue weighted by Crippen LogP contribution is 2.28. The standard InChI is InChI=1S/C16H10F2O2S/c17-16(18)20-11-7-5-10(6-8-11)15(19)13-9-21-14-4-2-1-3-12(13)14/h1-9,16H. The van der Waals surface area contributed by atoms with E-state index in [0.717, 1.165) is 10.1 Å². The van der Waals surface area contributed by atoms with Crippen molar-refractivity contribution in [2.75, 3.05) is 0 Å². The summed E-state index contributed by atoms with van der Waals surface area (Å²) >= 11 is 1.50. The molecule has 1 heterocycles. The second-order valence-electron chi connectivity index (χ2n) is 4.38. The molecule has 2 aromatic carbocycles. The minimum absolute atomic E-state index is 0.0386. The highest BCUT2D eigenvalue weighted by Gasteiger charge is 2.14. The van der Waals surface area contributed by atoms with Crippen LogP contribution in [0.1, 0.15) is 15.9 Å². The normalized spacial score (nSPS) is 11.0. The van der Waals surface area contributed by atoms with Crippen LogP contribution >= 0.6 is 11.3 Å². The first kappa shape index (κ1) is 13.7. The summed E-state index contributed by atoms with van der Waals surface area (Å²) < 4.78 is 29.5. The molecule has 0 aliphatic carbocycles. The minimum Gasteiger partial charge on any atom is -0.435 e. The molecule has 0 aliphatic rings. The SMILES string of the molecule is O=C(c1ccc(OC(F)F)cc1)c1csc2ccccc12. The number of carbonyl (C=O) groups excluding carboxylic acids is 1. The van der Waals surface area contributed by atoms with E-state index in [0.29, 0.717) is 11.1 Å². The van der Waals surface area contributed by atoms with Gasteiger partial charge in [0.05, 0.1) is 0 Å². The number of rotatable bonds is 4. The average Bonchev–Trinajstić information content (AvgIpc) is 2.90. The van der Waals surface area contributed by atoms with Gasteiger partial charge >= 0.3 is 6.61 Å². The Hall–Kier alpha value is -2.27. The number of carbonyl (C=O) groups is 1. The number of alkyl halides is 2. The Morgan fingerprint density at radius 3 is 2.48 bits per heavy atom. The zero-order chi connectivity index (χ0) is 14.8. The second-order valence-corrected chi connectivity index (χ2v) is 5.29. The van der Waals surface area contributed by atoms with Crippen molar-refractivity contribution in [2.24, 2.45) is 0 Å². The first-order valence-corrected chi connectivity index (χ1v) is 7.09. The van der Waals surface area contributed by atoms with Crippen LogP contribution in [0.25, 0.3) is 10.1 Å². The van der Waals surface area contributed by atoms with E-state index in [9.17, 15) is 13.6 Å². The van der Waals surface area contributed by atoms with Crippen molar-refractivity contribution < 1.29 is 18.3 Å². The van der Waals surface area contributed by atoms with Crippen molar-refractivity contribution in [3.8, 4) is 5.75 Å². The second kappa shape index (κ2) is 5.61. The van der Waals surface area contributed by atoms with Gasteiger partial charge in [0.2, 0.25) is 0 Å². The molecule has 0 aliphatic heterocycles. The van der Waals surface area contributed by atoms with Crippen LogP contribution in [0.5, 0.6) is 5.75 Å². The Kier molecular flexibility index (Phi) is 3.66. The summed E-state index contributed by atoms with van der Waals surface area (Å²) in [5, 5.41) is 2.72. The van der Waals surface area contributed by atoms with E-state index in [4.69, 9.17) is 0 Å². The molecule has 0 saturated carbocycles. The van der Waals surface area contributed by atoms with Crippen LogP contribution in [0.15, 0.2) is 53.9 Å². The topological polar surface area (TPSA) is 26.3 Å². The number of hydrogen-bond donors (Lipinski definition) is 0. The predicted octanol–water partition coefficient (Wildman–Crippen LogP) is 4.73. The number of thiophene rings is 1. The maximum atomic E-state index is 12.5. The van der Waals surface area contributed by atoms with Crippen LogP contribution < -0.4 is 4.74 Å². The molecule has 2 nitrogen and oxygen atoms in total. The van der Waals surface area contributed by atoms with Gasteiger partial charge in [-0.1, -0.05) is 18.2 Å². The van der Waals surface area contributed by atoms with Gasteiger partial charge in [-0.15, -0.1) is 11.3 Å².